The van der Waals surface area contributed by atoms with E-state index in [9.17, 15) is 13.6 Å². The number of aromatic nitrogens is 1. The van der Waals surface area contributed by atoms with Crippen molar-refractivity contribution < 1.29 is 23.4 Å². The van der Waals surface area contributed by atoms with Gasteiger partial charge in [-0.1, -0.05) is 12.1 Å². The number of nitrogens with one attached hydrogen (secondary N) is 1. The minimum absolute atomic E-state index is 0.209. The summed E-state index contributed by atoms with van der Waals surface area (Å²) < 4.78 is 32.3. The van der Waals surface area contributed by atoms with Crippen molar-refractivity contribution in [3.05, 3.63) is 82.8 Å². The highest BCUT2D eigenvalue weighted by Crippen LogP contribution is 2.36. The fourth-order valence-electron chi connectivity index (χ4n) is 4.02. The first kappa shape index (κ1) is 22.7. The van der Waals surface area contributed by atoms with Gasteiger partial charge in [0.05, 0.1) is 20.3 Å². The maximum absolute atomic E-state index is 14.1. The lowest BCUT2D eigenvalue weighted by Gasteiger charge is -2.19. The van der Waals surface area contributed by atoms with Gasteiger partial charge in [0.1, 0.15) is 12.0 Å². The molecule has 0 aliphatic carbocycles. The standard InChI is InChI=1S/C25H25F2N3O3/c1-33-23-6-5-16(12-21(23)27)11-17-7-9-28-24(13-17)30-10-8-19-20(3-2-4-22(19)30)25(32)29-14-18(26)15-31/h2-7,9,12-13,18,31H,8,10-11,14-15H2,1H3,(H,29,32)/t18-/m1/s1. The third-order valence-corrected chi connectivity index (χ3v) is 5.67. The first-order chi connectivity index (χ1) is 16.0. The minimum Gasteiger partial charge on any atom is -0.494 e. The van der Waals surface area contributed by atoms with Crippen LogP contribution in [0.3, 0.4) is 0 Å². The van der Waals surface area contributed by atoms with Crippen LogP contribution in [0, 0.1) is 5.82 Å². The quantitative estimate of drug-likeness (QED) is 0.546. The lowest BCUT2D eigenvalue weighted by Crippen LogP contribution is -2.32. The van der Waals surface area contributed by atoms with Crippen molar-refractivity contribution in [2.75, 3.05) is 31.7 Å². The molecule has 3 aromatic rings. The number of hydrogen-bond donors (Lipinski definition) is 2. The molecule has 0 unspecified atom stereocenters. The molecule has 0 saturated carbocycles. The molecule has 2 aromatic carbocycles. The first-order valence-electron chi connectivity index (χ1n) is 10.7. The fraction of sp³-hybridized carbons (Fsp3) is 0.280. The molecular weight excluding hydrogens is 428 g/mol. The molecule has 1 amide bonds. The van der Waals surface area contributed by atoms with E-state index in [1.165, 1.54) is 13.2 Å². The molecular formula is C25H25F2N3O3. The van der Waals surface area contributed by atoms with Gasteiger partial charge >= 0.3 is 0 Å². The summed E-state index contributed by atoms with van der Waals surface area (Å²) in [6, 6.07) is 14.2. The van der Waals surface area contributed by atoms with Crippen LogP contribution in [0.25, 0.3) is 0 Å². The average Bonchev–Trinajstić information content (AvgIpc) is 3.27. The molecule has 2 heterocycles. The Morgan fingerprint density at radius 2 is 2.06 bits per heavy atom. The number of amides is 1. The Labute approximate surface area is 190 Å². The predicted octanol–water partition coefficient (Wildman–Crippen LogP) is 3.57. The third-order valence-electron chi connectivity index (χ3n) is 5.67. The van der Waals surface area contributed by atoms with Crippen molar-refractivity contribution in [3.8, 4) is 5.75 Å². The predicted molar refractivity (Wildman–Crippen MR) is 121 cm³/mol. The summed E-state index contributed by atoms with van der Waals surface area (Å²) in [7, 11) is 1.43. The molecule has 1 aliphatic heterocycles. The van der Waals surface area contributed by atoms with E-state index in [0.717, 1.165) is 28.2 Å². The number of pyridine rings is 1. The van der Waals surface area contributed by atoms with E-state index in [4.69, 9.17) is 9.84 Å². The summed E-state index contributed by atoms with van der Waals surface area (Å²) in [6.45, 7) is -0.222. The fourth-order valence-corrected chi connectivity index (χ4v) is 4.02. The van der Waals surface area contributed by atoms with Gasteiger partial charge < -0.3 is 20.1 Å². The second kappa shape index (κ2) is 9.95. The molecule has 1 atom stereocenters. The van der Waals surface area contributed by atoms with E-state index >= 15 is 0 Å². The van der Waals surface area contributed by atoms with Gasteiger partial charge in [0.2, 0.25) is 0 Å². The highest BCUT2D eigenvalue weighted by Gasteiger charge is 2.26. The van der Waals surface area contributed by atoms with Crippen LogP contribution < -0.4 is 15.0 Å². The van der Waals surface area contributed by atoms with Crippen molar-refractivity contribution in [2.24, 2.45) is 0 Å². The van der Waals surface area contributed by atoms with Gasteiger partial charge in [0.25, 0.3) is 5.91 Å². The molecule has 1 aromatic heterocycles. The normalized spacial score (nSPS) is 13.5. The van der Waals surface area contributed by atoms with Crippen molar-refractivity contribution in [2.45, 2.75) is 19.0 Å². The molecule has 8 heteroatoms. The number of alkyl halides is 1. The number of rotatable bonds is 8. The first-order valence-corrected chi connectivity index (χ1v) is 10.7. The molecule has 0 saturated heterocycles. The zero-order valence-corrected chi connectivity index (χ0v) is 18.2. The van der Waals surface area contributed by atoms with Crippen LogP contribution >= 0.6 is 0 Å². The van der Waals surface area contributed by atoms with Gasteiger partial charge in [-0.2, -0.15) is 0 Å². The molecule has 0 radical (unpaired) electrons. The van der Waals surface area contributed by atoms with Crippen LogP contribution in [0.2, 0.25) is 0 Å². The number of methoxy groups -OCH3 is 1. The van der Waals surface area contributed by atoms with E-state index in [0.29, 0.717) is 24.9 Å². The minimum atomic E-state index is -1.49. The summed E-state index contributed by atoms with van der Waals surface area (Å²) in [5.74, 6) is 0.178. The maximum Gasteiger partial charge on any atom is 0.251 e. The molecule has 0 fully saturated rings. The summed E-state index contributed by atoms with van der Waals surface area (Å²) >= 11 is 0. The number of aliphatic hydroxyl groups excluding tert-OH is 1. The Morgan fingerprint density at radius 3 is 2.82 bits per heavy atom. The van der Waals surface area contributed by atoms with Crippen LogP contribution in [0.15, 0.2) is 54.7 Å². The monoisotopic (exact) mass is 453 g/mol. The number of aliphatic hydroxyl groups is 1. The number of benzene rings is 2. The lowest BCUT2D eigenvalue weighted by atomic mass is 10.0. The van der Waals surface area contributed by atoms with E-state index in [-0.39, 0.29) is 18.2 Å². The van der Waals surface area contributed by atoms with Crippen molar-refractivity contribution in [1.29, 1.82) is 0 Å². The average molecular weight is 453 g/mol. The van der Waals surface area contributed by atoms with E-state index < -0.39 is 18.6 Å². The Kier molecular flexibility index (Phi) is 6.84. The smallest absolute Gasteiger partial charge is 0.251 e. The molecule has 1 aliphatic rings. The SMILES string of the molecule is COc1ccc(Cc2ccnc(N3CCc4c(C(=O)NC[C@@H](F)CO)cccc43)c2)cc1F. The van der Waals surface area contributed by atoms with Crippen molar-refractivity contribution >= 4 is 17.4 Å². The van der Waals surface area contributed by atoms with Crippen LogP contribution in [-0.2, 0) is 12.8 Å². The van der Waals surface area contributed by atoms with Gasteiger partial charge in [-0.25, -0.2) is 13.8 Å². The molecule has 0 bridgehead atoms. The topological polar surface area (TPSA) is 74.7 Å². The van der Waals surface area contributed by atoms with Gasteiger partial charge in [-0.3, -0.25) is 4.79 Å². The Hall–Kier alpha value is -3.52. The largest absolute Gasteiger partial charge is 0.494 e. The Balaban J connectivity index is 1.54. The van der Waals surface area contributed by atoms with Crippen molar-refractivity contribution in [3.63, 3.8) is 0 Å². The number of fused-ring (bicyclic) bond motifs is 1. The van der Waals surface area contributed by atoms with E-state index in [1.54, 1.807) is 24.4 Å². The number of hydrogen-bond acceptors (Lipinski definition) is 5. The highest BCUT2D eigenvalue weighted by molar-refractivity contribution is 5.98. The van der Waals surface area contributed by atoms with Crippen LogP contribution in [-0.4, -0.2) is 49.0 Å². The number of anilines is 2. The number of carbonyl (C=O) groups excluding carboxylic acids is 1. The third kappa shape index (κ3) is 4.96. The Bertz CT molecular complexity index is 1160. The molecule has 6 nitrogen and oxygen atoms in total. The summed E-state index contributed by atoms with van der Waals surface area (Å²) in [4.78, 5) is 19.1. The van der Waals surface area contributed by atoms with Crippen LogP contribution in [0.4, 0.5) is 20.3 Å². The number of halogens is 2. The summed E-state index contributed by atoms with van der Waals surface area (Å²) in [5.41, 5.74) is 4.04. The highest BCUT2D eigenvalue weighted by atomic mass is 19.1. The maximum atomic E-state index is 14.1. The molecule has 0 spiro atoms. The molecule has 33 heavy (non-hydrogen) atoms. The van der Waals surface area contributed by atoms with Crippen LogP contribution in [0.5, 0.6) is 5.75 Å². The van der Waals surface area contributed by atoms with Crippen LogP contribution in [0.1, 0.15) is 27.0 Å². The zero-order chi connectivity index (χ0) is 23.4. The molecule has 4 rings (SSSR count). The van der Waals surface area contributed by atoms with Gasteiger partial charge in [-0.15, -0.1) is 0 Å². The Morgan fingerprint density at radius 1 is 1.24 bits per heavy atom. The van der Waals surface area contributed by atoms with Crippen molar-refractivity contribution in [1.82, 2.24) is 10.3 Å². The van der Waals surface area contributed by atoms with Gasteiger partial charge in [-0.05, 0) is 65.9 Å². The summed E-state index contributed by atoms with van der Waals surface area (Å²) in [5, 5.41) is 11.4. The van der Waals surface area contributed by atoms with E-state index in [1.807, 2.05) is 29.2 Å². The number of nitrogens with zero attached hydrogens (tertiary/aromatic N) is 2. The number of carbonyl (C=O) groups is 1. The lowest BCUT2D eigenvalue weighted by molar-refractivity contribution is 0.0927. The summed E-state index contributed by atoms with van der Waals surface area (Å²) in [6.07, 6.45) is 1.41. The van der Waals surface area contributed by atoms with Gasteiger partial charge in [0.15, 0.2) is 11.6 Å². The second-order valence-corrected chi connectivity index (χ2v) is 7.86. The second-order valence-electron chi connectivity index (χ2n) is 7.86. The molecule has 172 valence electrons. The molecule has 2 N–H and O–H groups in total. The number of ether oxygens (including phenoxy) is 1. The van der Waals surface area contributed by atoms with Gasteiger partial charge in [0, 0.05) is 24.0 Å². The van der Waals surface area contributed by atoms with E-state index in [2.05, 4.69) is 10.3 Å². The zero-order valence-electron chi connectivity index (χ0n) is 18.2.